The Hall–Kier alpha value is -1.51. The minimum Gasteiger partial charge on any atom is -0.345 e. The van der Waals surface area contributed by atoms with E-state index < -0.39 is 14.9 Å². The summed E-state index contributed by atoms with van der Waals surface area (Å²) in [6, 6.07) is 4.33. The van der Waals surface area contributed by atoms with Gasteiger partial charge in [-0.15, -0.1) is 12.3 Å². The zero-order chi connectivity index (χ0) is 13.3. The van der Waals surface area contributed by atoms with Gasteiger partial charge >= 0.3 is 0 Å². The SMILES string of the molecule is C#CCCn1cc(S(=O)(=O)Cl)c2c(F)cccc21. The third-order valence-electron chi connectivity index (χ3n) is 2.58. The molecule has 6 heteroatoms. The highest BCUT2D eigenvalue weighted by Gasteiger charge is 2.21. The van der Waals surface area contributed by atoms with Crippen LogP contribution in [0.25, 0.3) is 10.9 Å². The van der Waals surface area contributed by atoms with Crippen molar-refractivity contribution in [3.8, 4) is 12.3 Å². The summed E-state index contributed by atoms with van der Waals surface area (Å²) in [6.07, 6.45) is 6.89. The monoisotopic (exact) mass is 285 g/mol. The summed E-state index contributed by atoms with van der Waals surface area (Å²) in [4.78, 5) is -0.228. The Morgan fingerprint density at radius 3 is 2.78 bits per heavy atom. The maximum Gasteiger partial charge on any atom is 0.263 e. The number of terminal acetylenes is 1. The fourth-order valence-corrected chi connectivity index (χ4v) is 2.88. The first-order valence-electron chi connectivity index (χ1n) is 5.10. The van der Waals surface area contributed by atoms with Crippen LogP contribution in [-0.2, 0) is 15.6 Å². The predicted octanol–water partition coefficient (Wildman–Crippen LogP) is 2.73. The molecule has 2 aromatic rings. The summed E-state index contributed by atoms with van der Waals surface area (Å²) < 4.78 is 38.2. The zero-order valence-electron chi connectivity index (χ0n) is 9.23. The van der Waals surface area contributed by atoms with Gasteiger partial charge in [0, 0.05) is 29.8 Å². The molecule has 0 aliphatic rings. The minimum atomic E-state index is -4.00. The summed E-state index contributed by atoms with van der Waals surface area (Å²) in [5.74, 6) is 1.83. The number of halogens is 2. The van der Waals surface area contributed by atoms with Crippen LogP contribution in [0.3, 0.4) is 0 Å². The Labute approximate surface area is 109 Å². The number of benzene rings is 1. The lowest BCUT2D eigenvalue weighted by molar-refractivity contribution is 0.607. The van der Waals surface area contributed by atoms with Crippen molar-refractivity contribution in [2.24, 2.45) is 0 Å². The molecule has 0 bridgehead atoms. The molecule has 94 valence electrons. The van der Waals surface area contributed by atoms with E-state index in [-0.39, 0.29) is 10.3 Å². The number of fused-ring (bicyclic) bond motifs is 1. The molecule has 0 atom stereocenters. The van der Waals surface area contributed by atoms with Crippen molar-refractivity contribution >= 4 is 30.6 Å². The molecule has 0 radical (unpaired) electrons. The van der Waals surface area contributed by atoms with E-state index in [1.165, 1.54) is 18.3 Å². The van der Waals surface area contributed by atoms with Crippen molar-refractivity contribution in [2.45, 2.75) is 17.9 Å². The molecule has 0 N–H and O–H groups in total. The van der Waals surface area contributed by atoms with Gasteiger partial charge in [-0.2, -0.15) is 0 Å². The van der Waals surface area contributed by atoms with Gasteiger partial charge in [0.05, 0.1) is 10.9 Å². The van der Waals surface area contributed by atoms with E-state index in [2.05, 4.69) is 5.92 Å². The van der Waals surface area contributed by atoms with E-state index in [1.807, 2.05) is 0 Å². The average molecular weight is 286 g/mol. The minimum absolute atomic E-state index is 0.00419. The first kappa shape index (κ1) is 12.9. The first-order valence-corrected chi connectivity index (χ1v) is 7.41. The summed E-state index contributed by atoms with van der Waals surface area (Å²) >= 11 is 0. The third-order valence-corrected chi connectivity index (χ3v) is 3.91. The molecule has 0 aliphatic heterocycles. The van der Waals surface area contributed by atoms with Gasteiger partial charge in [0.15, 0.2) is 0 Å². The molecule has 1 aromatic heterocycles. The van der Waals surface area contributed by atoms with Crippen LogP contribution in [0.1, 0.15) is 6.42 Å². The van der Waals surface area contributed by atoms with E-state index in [0.717, 1.165) is 0 Å². The number of hydrogen-bond donors (Lipinski definition) is 0. The third kappa shape index (κ3) is 2.22. The summed E-state index contributed by atoms with van der Waals surface area (Å²) in [6.45, 7) is 0.406. The van der Waals surface area contributed by atoms with Crippen LogP contribution in [0.15, 0.2) is 29.3 Å². The molecule has 0 saturated heterocycles. The van der Waals surface area contributed by atoms with Gasteiger partial charge in [-0.05, 0) is 12.1 Å². The van der Waals surface area contributed by atoms with Crippen LogP contribution in [-0.4, -0.2) is 13.0 Å². The zero-order valence-corrected chi connectivity index (χ0v) is 10.8. The molecule has 3 nitrogen and oxygen atoms in total. The molecule has 0 saturated carbocycles. The molecule has 0 aliphatic carbocycles. The lowest BCUT2D eigenvalue weighted by Gasteiger charge is -2.01. The van der Waals surface area contributed by atoms with Crippen molar-refractivity contribution in [3.63, 3.8) is 0 Å². The van der Waals surface area contributed by atoms with Crippen molar-refractivity contribution in [3.05, 3.63) is 30.2 Å². The van der Waals surface area contributed by atoms with Crippen molar-refractivity contribution in [1.82, 2.24) is 4.57 Å². The molecular weight excluding hydrogens is 277 g/mol. The van der Waals surface area contributed by atoms with E-state index in [0.29, 0.717) is 18.5 Å². The second-order valence-electron chi connectivity index (χ2n) is 3.71. The first-order chi connectivity index (χ1) is 8.45. The van der Waals surface area contributed by atoms with Crippen LogP contribution in [0.5, 0.6) is 0 Å². The van der Waals surface area contributed by atoms with Crippen molar-refractivity contribution in [2.75, 3.05) is 0 Å². The van der Waals surface area contributed by atoms with Gasteiger partial charge in [0.25, 0.3) is 9.05 Å². The van der Waals surface area contributed by atoms with E-state index in [4.69, 9.17) is 17.1 Å². The highest BCUT2D eigenvalue weighted by atomic mass is 35.7. The Balaban J connectivity index is 2.77. The number of hydrogen-bond acceptors (Lipinski definition) is 2. The predicted molar refractivity (Wildman–Crippen MR) is 68.4 cm³/mol. The maximum absolute atomic E-state index is 13.7. The van der Waals surface area contributed by atoms with Gasteiger partial charge < -0.3 is 4.57 Å². The van der Waals surface area contributed by atoms with Crippen LogP contribution in [0.4, 0.5) is 4.39 Å². The largest absolute Gasteiger partial charge is 0.345 e. The van der Waals surface area contributed by atoms with Crippen LogP contribution >= 0.6 is 10.7 Å². The second-order valence-corrected chi connectivity index (χ2v) is 6.25. The molecular formula is C12H9ClFNO2S. The van der Waals surface area contributed by atoms with E-state index >= 15 is 0 Å². The lowest BCUT2D eigenvalue weighted by atomic mass is 10.2. The Morgan fingerprint density at radius 2 is 2.17 bits per heavy atom. The fraction of sp³-hybridized carbons (Fsp3) is 0.167. The smallest absolute Gasteiger partial charge is 0.263 e. The van der Waals surface area contributed by atoms with E-state index in [9.17, 15) is 12.8 Å². The summed E-state index contributed by atoms with van der Waals surface area (Å²) in [7, 11) is 1.31. The number of aromatic nitrogens is 1. The number of nitrogens with zero attached hydrogens (tertiary/aromatic N) is 1. The van der Waals surface area contributed by atoms with Gasteiger partial charge in [-0.25, -0.2) is 12.8 Å². The fourth-order valence-electron chi connectivity index (χ4n) is 1.83. The number of rotatable bonds is 3. The van der Waals surface area contributed by atoms with Crippen molar-refractivity contribution in [1.29, 1.82) is 0 Å². The standard InChI is InChI=1S/C12H9ClFNO2S/c1-2-3-7-15-8-11(18(13,16)17)12-9(14)5-4-6-10(12)15/h1,4-6,8H,3,7H2. The highest BCUT2D eigenvalue weighted by Crippen LogP contribution is 2.30. The second kappa shape index (κ2) is 4.63. The Kier molecular flexibility index (Phi) is 3.33. The molecule has 0 spiro atoms. The molecule has 0 unspecified atom stereocenters. The van der Waals surface area contributed by atoms with Crippen LogP contribution in [0.2, 0.25) is 0 Å². The molecule has 0 fully saturated rings. The molecule has 1 aromatic carbocycles. The summed E-state index contributed by atoms with van der Waals surface area (Å²) in [5.41, 5.74) is 0.462. The number of aryl methyl sites for hydroxylation is 1. The topological polar surface area (TPSA) is 39.1 Å². The average Bonchev–Trinajstić information content (AvgIpc) is 2.66. The van der Waals surface area contributed by atoms with Gasteiger partial charge in [-0.1, -0.05) is 6.07 Å². The molecule has 1 heterocycles. The van der Waals surface area contributed by atoms with Gasteiger partial charge in [-0.3, -0.25) is 0 Å². The lowest BCUT2D eigenvalue weighted by Crippen LogP contribution is -1.94. The maximum atomic E-state index is 13.7. The molecule has 0 amide bonds. The molecule has 2 rings (SSSR count). The Bertz CT molecular complexity index is 743. The summed E-state index contributed by atoms with van der Waals surface area (Å²) in [5, 5.41) is 0.00419. The van der Waals surface area contributed by atoms with Crippen LogP contribution in [0, 0.1) is 18.2 Å². The van der Waals surface area contributed by atoms with Crippen molar-refractivity contribution < 1.29 is 12.8 Å². The van der Waals surface area contributed by atoms with E-state index in [1.54, 1.807) is 10.6 Å². The quantitative estimate of drug-likeness (QED) is 0.642. The molecule has 18 heavy (non-hydrogen) atoms. The normalized spacial score (nSPS) is 11.6. The van der Waals surface area contributed by atoms with Gasteiger partial charge in [0.1, 0.15) is 10.7 Å². The Morgan fingerprint density at radius 1 is 1.44 bits per heavy atom. The van der Waals surface area contributed by atoms with Crippen LogP contribution < -0.4 is 0 Å². The highest BCUT2D eigenvalue weighted by molar-refractivity contribution is 8.14. The van der Waals surface area contributed by atoms with Gasteiger partial charge in [0.2, 0.25) is 0 Å².